The van der Waals surface area contributed by atoms with Gasteiger partial charge in [-0.2, -0.15) is 5.26 Å². The zero-order valence-corrected chi connectivity index (χ0v) is 18.4. The van der Waals surface area contributed by atoms with Crippen molar-refractivity contribution in [2.24, 2.45) is 0 Å². The van der Waals surface area contributed by atoms with Crippen LogP contribution in [0, 0.1) is 11.3 Å². The minimum Gasteiger partial charge on any atom is -0.297 e. The van der Waals surface area contributed by atoms with Crippen molar-refractivity contribution in [1.82, 2.24) is 9.62 Å². The molecule has 0 bridgehead atoms. The van der Waals surface area contributed by atoms with Gasteiger partial charge in [0.2, 0.25) is 10.0 Å². The minimum absolute atomic E-state index is 0.0587. The first-order valence-electron chi connectivity index (χ1n) is 10.0. The maximum atomic E-state index is 12.7. The third-order valence-electron chi connectivity index (χ3n) is 5.43. The highest BCUT2D eigenvalue weighted by Gasteiger charge is 2.27. The van der Waals surface area contributed by atoms with Crippen LogP contribution in [0.5, 0.6) is 0 Å². The second-order valence-electron chi connectivity index (χ2n) is 7.66. The quantitative estimate of drug-likeness (QED) is 0.601. The van der Waals surface area contributed by atoms with Gasteiger partial charge >= 0.3 is 0 Å². The molecule has 0 radical (unpaired) electrons. The summed E-state index contributed by atoms with van der Waals surface area (Å²) in [5.41, 5.74) is 3.71. The Morgan fingerprint density at radius 3 is 2.45 bits per heavy atom. The van der Waals surface area contributed by atoms with Crippen LogP contribution in [0.25, 0.3) is 11.1 Å². The number of sulfonamides is 1. The second-order valence-corrected chi connectivity index (χ2v) is 9.78. The lowest BCUT2D eigenvalue weighted by Gasteiger charge is -2.17. The van der Waals surface area contributed by atoms with Gasteiger partial charge in [0, 0.05) is 25.7 Å². The first kappa shape index (κ1) is 21.5. The summed E-state index contributed by atoms with van der Waals surface area (Å²) in [5, 5.41) is 9.34. The second kappa shape index (κ2) is 9.21. The first-order chi connectivity index (χ1) is 14.9. The molecule has 0 aromatic heterocycles. The van der Waals surface area contributed by atoms with E-state index in [0.717, 1.165) is 19.5 Å². The van der Waals surface area contributed by atoms with Crippen molar-refractivity contribution in [3.05, 3.63) is 88.9 Å². The van der Waals surface area contributed by atoms with E-state index in [2.05, 4.69) is 46.0 Å². The number of hydrogen-bond acceptors (Lipinski definition) is 4. The van der Waals surface area contributed by atoms with E-state index in [4.69, 9.17) is 16.9 Å². The summed E-state index contributed by atoms with van der Waals surface area (Å²) in [5.74, 6) is 0. The van der Waals surface area contributed by atoms with Gasteiger partial charge in [0.25, 0.3) is 0 Å². The Labute approximate surface area is 187 Å². The number of nitriles is 1. The molecule has 0 saturated carbocycles. The average molecular weight is 452 g/mol. The molecule has 3 aromatic carbocycles. The van der Waals surface area contributed by atoms with Crippen molar-refractivity contribution in [3.63, 3.8) is 0 Å². The number of nitrogens with one attached hydrogen (secondary N) is 1. The zero-order chi connectivity index (χ0) is 21.8. The maximum Gasteiger partial charge on any atom is 0.240 e. The first-order valence-corrected chi connectivity index (χ1v) is 11.9. The van der Waals surface area contributed by atoms with Crippen LogP contribution in [0.1, 0.15) is 17.5 Å². The van der Waals surface area contributed by atoms with E-state index >= 15 is 0 Å². The zero-order valence-electron chi connectivity index (χ0n) is 16.8. The summed E-state index contributed by atoms with van der Waals surface area (Å²) >= 11 is 5.91. The fourth-order valence-electron chi connectivity index (χ4n) is 3.81. The smallest absolute Gasteiger partial charge is 0.240 e. The van der Waals surface area contributed by atoms with Crippen LogP contribution in [-0.2, 0) is 16.6 Å². The Balaban J connectivity index is 1.37. The molecule has 0 aliphatic carbocycles. The van der Waals surface area contributed by atoms with Crippen LogP contribution < -0.4 is 4.72 Å². The molecule has 1 fully saturated rings. The van der Waals surface area contributed by atoms with Gasteiger partial charge in [-0.25, -0.2) is 13.1 Å². The Kier molecular flexibility index (Phi) is 6.40. The number of nitrogens with zero attached hydrogens (tertiary/aromatic N) is 2. The molecule has 3 aromatic rings. The molecule has 4 rings (SSSR count). The molecule has 31 heavy (non-hydrogen) atoms. The fraction of sp³-hybridized carbons (Fsp3) is 0.208. The third kappa shape index (κ3) is 5.15. The molecule has 1 N–H and O–H groups in total. The molecule has 0 amide bonds. The lowest BCUT2D eigenvalue weighted by molar-refractivity contribution is 0.324. The monoisotopic (exact) mass is 451 g/mol. The van der Waals surface area contributed by atoms with Crippen molar-refractivity contribution < 1.29 is 8.42 Å². The lowest BCUT2D eigenvalue weighted by Crippen LogP contribution is -2.37. The van der Waals surface area contributed by atoms with Crippen molar-refractivity contribution in [2.75, 3.05) is 13.1 Å². The Hall–Kier alpha value is -2.69. The van der Waals surface area contributed by atoms with E-state index in [1.165, 1.54) is 34.9 Å². The summed E-state index contributed by atoms with van der Waals surface area (Å²) < 4.78 is 28.2. The van der Waals surface area contributed by atoms with Gasteiger partial charge < -0.3 is 0 Å². The SMILES string of the molecule is N#Cc1cc(S(=O)(=O)N[C@@H]2CCN(Cc3ccc(-c4ccccc4)cc3)C2)ccc1Cl. The lowest BCUT2D eigenvalue weighted by atomic mass is 10.0. The normalized spacial score (nSPS) is 16.8. The summed E-state index contributed by atoms with van der Waals surface area (Å²) in [6.45, 7) is 2.23. The highest BCUT2D eigenvalue weighted by atomic mass is 35.5. The van der Waals surface area contributed by atoms with E-state index in [0.29, 0.717) is 6.54 Å². The van der Waals surface area contributed by atoms with Crippen molar-refractivity contribution in [2.45, 2.75) is 23.9 Å². The minimum atomic E-state index is -3.71. The highest BCUT2D eigenvalue weighted by molar-refractivity contribution is 7.89. The van der Waals surface area contributed by atoms with Gasteiger partial charge in [-0.3, -0.25) is 4.90 Å². The topological polar surface area (TPSA) is 73.2 Å². The predicted octanol–water partition coefficient (Wildman–Crippen LogP) is 4.43. The van der Waals surface area contributed by atoms with Crippen LogP contribution in [-0.4, -0.2) is 32.4 Å². The van der Waals surface area contributed by atoms with Gasteiger partial charge in [-0.15, -0.1) is 0 Å². The molecule has 1 atom stereocenters. The van der Waals surface area contributed by atoms with Crippen LogP contribution in [0.4, 0.5) is 0 Å². The third-order valence-corrected chi connectivity index (χ3v) is 7.28. The number of rotatable bonds is 6. The van der Waals surface area contributed by atoms with E-state index in [-0.39, 0.29) is 21.5 Å². The molecule has 0 unspecified atom stereocenters. The molecular weight excluding hydrogens is 430 g/mol. The Bertz CT molecular complexity index is 1210. The molecule has 7 heteroatoms. The van der Waals surface area contributed by atoms with Crippen LogP contribution in [0.2, 0.25) is 5.02 Å². The summed E-state index contributed by atoms with van der Waals surface area (Å²) in [7, 11) is -3.71. The van der Waals surface area contributed by atoms with Gasteiger partial charge in [0.1, 0.15) is 6.07 Å². The number of hydrogen-bond donors (Lipinski definition) is 1. The molecule has 1 saturated heterocycles. The van der Waals surface area contributed by atoms with Crippen LogP contribution in [0.3, 0.4) is 0 Å². The molecule has 5 nitrogen and oxygen atoms in total. The van der Waals surface area contributed by atoms with Crippen molar-refractivity contribution in [3.8, 4) is 17.2 Å². The largest absolute Gasteiger partial charge is 0.297 e. The van der Waals surface area contributed by atoms with Crippen molar-refractivity contribution >= 4 is 21.6 Å². The average Bonchev–Trinajstić information content (AvgIpc) is 3.21. The summed E-state index contributed by atoms with van der Waals surface area (Å²) in [6.07, 6.45) is 0.736. The van der Waals surface area contributed by atoms with Crippen LogP contribution >= 0.6 is 11.6 Å². The molecule has 1 aliphatic heterocycles. The van der Waals surface area contributed by atoms with E-state index in [1.54, 1.807) is 0 Å². The van der Waals surface area contributed by atoms with Gasteiger partial charge in [0.15, 0.2) is 0 Å². The Morgan fingerprint density at radius 1 is 1.03 bits per heavy atom. The van der Waals surface area contributed by atoms with Crippen LogP contribution in [0.15, 0.2) is 77.7 Å². The highest BCUT2D eigenvalue weighted by Crippen LogP contribution is 2.23. The Morgan fingerprint density at radius 2 is 1.74 bits per heavy atom. The van der Waals surface area contributed by atoms with E-state index in [9.17, 15) is 8.42 Å². The standard InChI is InChI=1S/C24H22ClN3O2S/c25-24-11-10-23(14-21(24)15-26)31(29,30)27-22-12-13-28(17-22)16-18-6-8-20(9-7-18)19-4-2-1-3-5-19/h1-11,14,22,27H,12-13,16-17H2/t22-/m1/s1. The number of benzene rings is 3. The summed E-state index contributed by atoms with van der Waals surface area (Å²) in [4.78, 5) is 2.30. The van der Waals surface area contributed by atoms with Gasteiger partial charge in [-0.1, -0.05) is 66.2 Å². The maximum absolute atomic E-state index is 12.7. The number of likely N-dealkylation sites (tertiary alicyclic amines) is 1. The molecule has 1 aliphatic rings. The number of halogens is 1. The van der Waals surface area contributed by atoms with E-state index < -0.39 is 10.0 Å². The molecule has 0 spiro atoms. The molecular formula is C24H22ClN3O2S. The van der Waals surface area contributed by atoms with Gasteiger partial charge in [-0.05, 0) is 41.3 Å². The molecule has 1 heterocycles. The fourth-order valence-corrected chi connectivity index (χ4v) is 5.26. The summed E-state index contributed by atoms with van der Waals surface area (Å²) in [6, 6.07) is 24.6. The molecule has 158 valence electrons. The van der Waals surface area contributed by atoms with Crippen molar-refractivity contribution in [1.29, 1.82) is 5.26 Å². The predicted molar refractivity (Wildman–Crippen MR) is 122 cm³/mol. The van der Waals surface area contributed by atoms with E-state index in [1.807, 2.05) is 24.3 Å². The van der Waals surface area contributed by atoms with Gasteiger partial charge in [0.05, 0.1) is 15.5 Å².